The van der Waals surface area contributed by atoms with Gasteiger partial charge in [-0.25, -0.2) is 4.39 Å². The van der Waals surface area contributed by atoms with E-state index >= 15 is 0 Å². The molecular weight excluding hydrogens is 359 g/mol. The van der Waals surface area contributed by atoms with E-state index in [-0.39, 0.29) is 5.82 Å². The summed E-state index contributed by atoms with van der Waals surface area (Å²) in [6.07, 6.45) is 5.85. The predicted molar refractivity (Wildman–Crippen MR) is 83.8 cm³/mol. The molecule has 0 saturated carbocycles. The molecule has 0 saturated heterocycles. The Balaban J connectivity index is 2.84. The molecule has 0 fully saturated rings. The zero-order valence-corrected chi connectivity index (χ0v) is 14.3. The number of hydrogen-bond acceptors (Lipinski definition) is 0. The van der Waals surface area contributed by atoms with Gasteiger partial charge in [0.25, 0.3) is 0 Å². The van der Waals surface area contributed by atoms with E-state index in [9.17, 15) is 4.39 Å². The van der Waals surface area contributed by atoms with Crippen molar-refractivity contribution < 1.29 is 4.39 Å². The highest BCUT2D eigenvalue weighted by atomic mass is 79.9. The first-order valence-corrected chi connectivity index (χ1v) is 8.48. The Hall–Kier alpha value is 0.110. The molecule has 0 aromatic heterocycles. The molecule has 1 aromatic carbocycles. The lowest BCUT2D eigenvalue weighted by Crippen LogP contribution is -2.25. The summed E-state index contributed by atoms with van der Waals surface area (Å²) in [5.41, 5.74) is 1.51. The average molecular weight is 380 g/mol. The normalized spacial score (nSPS) is 14.5. The Morgan fingerprint density at radius 3 is 2.50 bits per heavy atom. The maximum atomic E-state index is 13.2. The van der Waals surface area contributed by atoms with Gasteiger partial charge in [0.1, 0.15) is 5.82 Å². The second-order valence-electron chi connectivity index (χ2n) is 5.02. The van der Waals surface area contributed by atoms with Crippen LogP contribution < -0.4 is 0 Å². The SMILES string of the molecule is CCCCC(CC)(CBr)Cc1ccc(F)c(Br)c1. The minimum absolute atomic E-state index is 0.187. The Labute approximate surface area is 127 Å². The van der Waals surface area contributed by atoms with Crippen LogP contribution in [0.3, 0.4) is 0 Å². The minimum Gasteiger partial charge on any atom is -0.206 e. The van der Waals surface area contributed by atoms with Crippen molar-refractivity contribution in [3.05, 3.63) is 34.1 Å². The Morgan fingerprint density at radius 1 is 1.28 bits per heavy atom. The molecular formula is C15H21Br2F. The molecule has 0 radical (unpaired) electrons. The van der Waals surface area contributed by atoms with Crippen molar-refractivity contribution in [2.75, 3.05) is 5.33 Å². The third-order valence-corrected chi connectivity index (χ3v) is 5.45. The van der Waals surface area contributed by atoms with Gasteiger partial charge in [-0.15, -0.1) is 0 Å². The molecule has 102 valence electrons. The van der Waals surface area contributed by atoms with Gasteiger partial charge in [-0.1, -0.05) is 48.7 Å². The van der Waals surface area contributed by atoms with Gasteiger partial charge in [-0.05, 0) is 58.3 Å². The number of alkyl halides is 1. The molecule has 0 spiro atoms. The van der Waals surface area contributed by atoms with Crippen LogP contribution in [0.1, 0.15) is 45.1 Å². The van der Waals surface area contributed by atoms with Gasteiger partial charge in [0, 0.05) is 5.33 Å². The van der Waals surface area contributed by atoms with Crippen LogP contribution in [0.2, 0.25) is 0 Å². The highest BCUT2D eigenvalue weighted by Crippen LogP contribution is 2.35. The fourth-order valence-electron chi connectivity index (χ4n) is 2.23. The highest BCUT2D eigenvalue weighted by molar-refractivity contribution is 9.10. The number of unbranched alkanes of at least 4 members (excludes halogenated alkanes) is 1. The zero-order valence-electron chi connectivity index (χ0n) is 11.1. The van der Waals surface area contributed by atoms with Gasteiger partial charge < -0.3 is 0 Å². The maximum Gasteiger partial charge on any atom is 0.137 e. The molecule has 1 rings (SSSR count). The van der Waals surface area contributed by atoms with E-state index in [2.05, 4.69) is 45.7 Å². The standard InChI is InChI=1S/C15H21Br2F/c1-3-5-8-15(4-2,11-16)10-12-6-7-14(18)13(17)9-12/h6-7,9H,3-5,8,10-11H2,1-2H3. The molecule has 1 unspecified atom stereocenters. The fraction of sp³-hybridized carbons (Fsp3) is 0.600. The summed E-state index contributed by atoms with van der Waals surface area (Å²) in [6.45, 7) is 4.47. The van der Waals surface area contributed by atoms with Crippen LogP contribution in [0, 0.1) is 11.2 Å². The topological polar surface area (TPSA) is 0 Å². The molecule has 0 aliphatic carbocycles. The summed E-state index contributed by atoms with van der Waals surface area (Å²) in [5.74, 6) is -0.187. The average Bonchev–Trinajstić information content (AvgIpc) is 2.39. The van der Waals surface area contributed by atoms with E-state index in [0.717, 1.165) is 18.2 Å². The molecule has 1 atom stereocenters. The van der Waals surface area contributed by atoms with Crippen LogP contribution in [-0.2, 0) is 6.42 Å². The molecule has 0 aliphatic rings. The molecule has 0 bridgehead atoms. The molecule has 18 heavy (non-hydrogen) atoms. The highest BCUT2D eigenvalue weighted by Gasteiger charge is 2.26. The second kappa shape index (κ2) is 7.64. The first kappa shape index (κ1) is 16.2. The predicted octanol–water partition coefficient (Wildman–Crippen LogP) is 6.11. The van der Waals surface area contributed by atoms with E-state index in [1.54, 1.807) is 6.07 Å². The number of rotatable bonds is 7. The zero-order chi connectivity index (χ0) is 13.6. The van der Waals surface area contributed by atoms with Crippen molar-refractivity contribution in [3.63, 3.8) is 0 Å². The monoisotopic (exact) mass is 378 g/mol. The van der Waals surface area contributed by atoms with Crippen molar-refractivity contribution in [2.45, 2.75) is 46.0 Å². The van der Waals surface area contributed by atoms with Crippen LogP contribution in [0.4, 0.5) is 4.39 Å². The van der Waals surface area contributed by atoms with Gasteiger partial charge in [-0.3, -0.25) is 0 Å². The third kappa shape index (κ3) is 4.34. The third-order valence-electron chi connectivity index (χ3n) is 3.66. The minimum atomic E-state index is -0.187. The molecule has 0 heterocycles. The van der Waals surface area contributed by atoms with Crippen LogP contribution in [0.15, 0.2) is 22.7 Å². The lowest BCUT2D eigenvalue weighted by molar-refractivity contribution is 0.283. The molecule has 0 aliphatic heterocycles. The van der Waals surface area contributed by atoms with E-state index in [1.807, 2.05) is 12.1 Å². The molecule has 0 nitrogen and oxygen atoms in total. The molecule has 3 heteroatoms. The van der Waals surface area contributed by atoms with Gasteiger partial charge in [0.2, 0.25) is 0 Å². The smallest absolute Gasteiger partial charge is 0.137 e. The summed E-state index contributed by atoms with van der Waals surface area (Å²) in [7, 11) is 0. The molecule has 0 N–H and O–H groups in total. The molecule has 1 aromatic rings. The van der Waals surface area contributed by atoms with Crippen LogP contribution in [-0.4, -0.2) is 5.33 Å². The fourth-order valence-corrected chi connectivity index (χ4v) is 3.53. The van der Waals surface area contributed by atoms with Crippen LogP contribution in [0.5, 0.6) is 0 Å². The molecule has 0 amide bonds. The number of halogens is 3. The van der Waals surface area contributed by atoms with Crippen molar-refractivity contribution in [2.24, 2.45) is 5.41 Å². The number of benzene rings is 1. The van der Waals surface area contributed by atoms with Crippen molar-refractivity contribution >= 4 is 31.9 Å². The first-order chi connectivity index (χ1) is 8.56. The quantitative estimate of drug-likeness (QED) is 0.501. The summed E-state index contributed by atoms with van der Waals surface area (Å²) in [5, 5.41) is 1.01. The lowest BCUT2D eigenvalue weighted by Gasteiger charge is -2.31. The van der Waals surface area contributed by atoms with Gasteiger partial charge in [-0.2, -0.15) is 0 Å². The maximum absolute atomic E-state index is 13.2. The van der Waals surface area contributed by atoms with Crippen LogP contribution >= 0.6 is 31.9 Å². The summed E-state index contributed by atoms with van der Waals surface area (Å²) in [4.78, 5) is 0. The summed E-state index contributed by atoms with van der Waals surface area (Å²) < 4.78 is 13.8. The van der Waals surface area contributed by atoms with Gasteiger partial charge >= 0.3 is 0 Å². The van der Waals surface area contributed by atoms with Crippen LogP contribution in [0.25, 0.3) is 0 Å². The van der Waals surface area contributed by atoms with E-state index in [4.69, 9.17) is 0 Å². The van der Waals surface area contributed by atoms with Gasteiger partial charge in [0.05, 0.1) is 4.47 Å². The van der Waals surface area contributed by atoms with Gasteiger partial charge in [0.15, 0.2) is 0 Å². The Morgan fingerprint density at radius 2 is 2.00 bits per heavy atom. The van der Waals surface area contributed by atoms with Crippen molar-refractivity contribution in [3.8, 4) is 0 Å². The van der Waals surface area contributed by atoms with E-state index in [1.165, 1.54) is 24.8 Å². The number of hydrogen-bond donors (Lipinski definition) is 0. The largest absolute Gasteiger partial charge is 0.206 e. The van der Waals surface area contributed by atoms with E-state index in [0.29, 0.717) is 9.89 Å². The lowest BCUT2D eigenvalue weighted by atomic mass is 9.77. The summed E-state index contributed by atoms with van der Waals surface area (Å²) >= 11 is 6.93. The van der Waals surface area contributed by atoms with Crippen molar-refractivity contribution in [1.29, 1.82) is 0 Å². The van der Waals surface area contributed by atoms with E-state index < -0.39 is 0 Å². The Bertz CT molecular complexity index is 373. The second-order valence-corrected chi connectivity index (χ2v) is 6.43. The first-order valence-electron chi connectivity index (χ1n) is 6.57. The summed E-state index contributed by atoms with van der Waals surface area (Å²) in [6, 6.07) is 5.36. The van der Waals surface area contributed by atoms with Crippen molar-refractivity contribution in [1.82, 2.24) is 0 Å². The Kier molecular flexibility index (Phi) is 6.86.